The Kier molecular flexibility index (Phi) is 6.67. The highest BCUT2D eigenvalue weighted by atomic mass is 16.6. The largest absolute Gasteiger partial charge is 0.471 e. The van der Waals surface area contributed by atoms with E-state index in [1.807, 2.05) is 59.5 Å². The maximum Gasteiger partial charge on any atom is 0.410 e. The van der Waals surface area contributed by atoms with Crippen LogP contribution in [-0.2, 0) is 11.3 Å². The number of fused-ring (bicyclic) bond motifs is 1. The van der Waals surface area contributed by atoms with E-state index in [-0.39, 0.29) is 25.0 Å². The number of benzene rings is 2. The summed E-state index contributed by atoms with van der Waals surface area (Å²) in [5.74, 6) is 0.727. The molecule has 1 saturated carbocycles. The lowest BCUT2D eigenvalue weighted by Crippen LogP contribution is -2.49. The molecule has 0 unspecified atom stereocenters. The number of anilines is 1. The molecule has 1 aromatic heterocycles. The summed E-state index contributed by atoms with van der Waals surface area (Å²) in [4.78, 5) is 25.4. The van der Waals surface area contributed by atoms with Crippen LogP contribution in [0.15, 0.2) is 54.6 Å². The van der Waals surface area contributed by atoms with Gasteiger partial charge >= 0.3 is 6.09 Å². The second kappa shape index (κ2) is 10.0. The number of carbonyl (C=O) groups is 1. The minimum atomic E-state index is -1.26. The summed E-state index contributed by atoms with van der Waals surface area (Å²) in [7, 11) is 0. The third kappa shape index (κ3) is 5.00. The number of para-hydroxylation sites is 1. The van der Waals surface area contributed by atoms with Crippen LogP contribution in [0, 0.1) is 0 Å². The molecule has 1 amide bonds. The number of piperazine rings is 1. The van der Waals surface area contributed by atoms with Crippen molar-refractivity contribution < 1.29 is 29.6 Å². The Balaban J connectivity index is 1.27. The molecule has 5 rings (SSSR count). The molecule has 4 atom stereocenters. The van der Waals surface area contributed by atoms with E-state index in [0.29, 0.717) is 43.0 Å². The maximum absolute atomic E-state index is 12.5. The normalized spacial score (nSPS) is 24.5. The Morgan fingerprint density at radius 3 is 2.34 bits per heavy atom. The third-order valence-electron chi connectivity index (χ3n) is 6.44. The number of hydrogen-bond acceptors (Lipinski definition) is 9. The molecule has 35 heavy (non-hydrogen) atoms. The molecule has 0 spiro atoms. The Morgan fingerprint density at radius 1 is 0.914 bits per heavy atom. The Morgan fingerprint density at radius 2 is 1.63 bits per heavy atom. The van der Waals surface area contributed by atoms with E-state index in [4.69, 9.17) is 9.47 Å². The van der Waals surface area contributed by atoms with Gasteiger partial charge in [-0.1, -0.05) is 42.5 Å². The smallest absolute Gasteiger partial charge is 0.410 e. The quantitative estimate of drug-likeness (QED) is 0.495. The molecule has 184 valence electrons. The number of carbonyl (C=O) groups excluding carboxylic acids is 1. The van der Waals surface area contributed by atoms with Crippen molar-refractivity contribution >= 4 is 22.9 Å². The summed E-state index contributed by atoms with van der Waals surface area (Å²) in [6.45, 7) is 2.17. The molecule has 2 fully saturated rings. The molecule has 0 radical (unpaired) electrons. The fourth-order valence-electron chi connectivity index (χ4n) is 4.39. The first-order valence-corrected chi connectivity index (χ1v) is 11.7. The lowest BCUT2D eigenvalue weighted by Gasteiger charge is -2.34. The van der Waals surface area contributed by atoms with Gasteiger partial charge in [0.2, 0.25) is 11.8 Å². The van der Waals surface area contributed by atoms with Crippen LogP contribution in [0.25, 0.3) is 10.9 Å². The highest BCUT2D eigenvalue weighted by Gasteiger charge is 2.42. The van der Waals surface area contributed by atoms with Gasteiger partial charge in [-0.15, -0.1) is 0 Å². The van der Waals surface area contributed by atoms with E-state index < -0.39 is 24.4 Å². The zero-order valence-electron chi connectivity index (χ0n) is 19.1. The number of ether oxygens (including phenoxy) is 2. The second-order valence-electron chi connectivity index (χ2n) is 8.80. The molecule has 3 aromatic rings. The highest BCUT2D eigenvalue weighted by Crippen LogP contribution is 2.31. The van der Waals surface area contributed by atoms with Gasteiger partial charge in [0.15, 0.2) is 0 Å². The van der Waals surface area contributed by atoms with Crippen LogP contribution in [-0.4, -0.2) is 86.9 Å². The summed E-state index contributed by atoms with van der Waals surface area (Å²) in [6.07, 6.45) is -4.58. The fraction of sp³-hybridized carbons (Fsp3) is 0.400. The van der Waals surface area contributed by atoms with E-state index in [9.17, 15) is 20.1 Å². The molecule has 0 bridgehead atoms. The molecule has 1 saturated heterocycles. The van der Waals surface area contributed by atoms with Gasteiger partial charge in [0.05, 0.1) is 17.0 Å². The number of aromatic nitrogens is 2. The average molecular weight is 481 g/mol. The molecule has 2 aromatic carbocycles. The molecular formula is C25H28N4O6. The van der Waals surface area contributed by atoms with E-state index in [0.717, 1.165) is 5.56 Å². The third-order valence-corrected chi connectivity index (χ3v) is 6.44. The molecule has 1 aliphatic carbocycles. The zero-order chi connectivity index (χ0) is 24.4. The molecule has 3 N–H and O–H groups in total. The summed E-state index contributed by atoms with van der Waals surface area (Å²) in [6, 6.07) is 16.9. The Hall–Kier alpha value is -3.47. The predicted octanol–water partition coefficient (Wildman–Crippen LogP) is 1.32. The first kappa shape index (κ1) is 23.3. The lowest BCUT2D eigenvalue weighted by molar-refractivity contribution is -0.0370. The molecule has 2 heterocycles. The average Bonchev–Trinajstić information content (AvgIpc) is 3.14. The van der Waals surface area contributed by atoms with Crippen LogP contribution in [0.2, 0.25) is 0 Å². The van der Waals surface area contributed by atoms with Crippen molar-refractivity contribution in [2.45, 2.75) is 37.4 Å². The van der Waals surface area contributed by atoms with Crippen LogP contribution >= 0.6 is 0 Å². The van der Waals surface area contributed by atoms with Crippen LogP contribution in [0.5, 0.6) is 5.88 Å². The van der Waals surface area contributed by atoms with Crippen molar-refractivity contribution in [3.8, 4) is 5.88 Å². The van der Waals surface area contributed by atoms with Gasteiger partial charge in [-0.05, 0) is 17.7 Å². The zero-order valence-corrected chi connectivity index (χ0v) is 19.1. The van der Waals surface area contributed by atoms with Crippen molar-refractivity contribution in [3.05, 3.63) is 60.2 Å². The summed E-state index contributed by atoms with van der Waals surface area (Å²) >= 11 is 0. The van der Waals surface area contributed by atoms with Crippen molar-refractivity contribution in [1.29, 1.82) is 0 Å². The SMILES string of the molecule is O=C(OCc1ccccc1)N1CCN(c2nc(O[C@H]3C[C@@H](O)[C@H](O)[C@H]3O)c3ccccc3n2)CC1. The molecule has 2 aliphatic rings. The van der Waals surface area contributed by atoms with E-state index in [1.165, 1.54) is 0 Å². The highest BCUT2D eigenvalue weighted by molar-refractivity contribution is 5.84. The number of aliphatic hydroxyl groups excluding tert-OH is 3. The second-order valence-corrected chi connectivity index (χ2v) is 8.80. The molecule has 1 aliphatic heterocycles. The van der Waals surface area contributed by atoms with Gasteiger partial charge in [0, 0.05) is 32.6 Å². The van der Waals surface area contributed by atoms with Crippen molar-refractivity contribution in [3.63, 3.8) is 0 Å². The molecular weight excluding hydrogens is 452 g/mol. The van der Waals surface area contributed by atoms with Gasteiger partial charge in [0.25, 0.3) is 0 Å². The van der Waals surface area contributed by atoms with Gasteiger partial charge in [-0.3, -0.25) is 0 Å². The van der Waals surface area contributed by atoms with Crippen LogP contribution in [0.3, 0.4) is 0 Å². The van der Waals surface area contributed by atoms with E-state index >= 15 is 0 Å². The first-order valence-electron chi connectivity index (χ1n) is 11.7. The fourth-order valence-corrected chi connectivity index (χ4v) is 4.39. The topological polar surface area (TPSA) is 128 Å². The standard InChI is InChI=1S/C25H28N4O6/c30-19-14-20(22(32)21(19)31)35-23-17-8-4-5-9-18(17)26-24(27-23)28-10-12-29(13-11-28)25(33)34-15-16-6-2-1-3-7-16/h1-9,19-22,30-32H,10-15H2/t19-,20+,21+,22+/m1/s1. The number of hydrogen-bond donors (Lipinski definition) is 3. The van der Waals surface area contributed by atoms with Crippen LogP contribution in [0.1, 0.15) is 12.0 Å². The van der Waals surface area contributed by atoms with Crippen LogP contribution in [0.4, 0.5) is 10.7 Å². The first-order chi connectivity index (χ1) is 17.0. The summed E-state index contributed by atoms with van der Waals surface area (Å²) in [5, 5.41) is 30.7. The minimum Gasteiger partial charge on any atom is -0.471 e. The summed E-state index contributed by atoms with van der Waals surface area (Å²) < 4.78 is 11.4. The van der Waals surface area contributed by atoms with Crippen molar-refractivity contribution in [2.75, 3.05) is 31.1 Å². The maximum atomic E-state index is 12.5. The predicted molar refractivity (Wildman–Crippen MR) is 127 cm³/mol. The van der Waals surface area contributed by atoms with Crippen molar-refractivity contribution in [1.82, 2.24) is 14.9 Å². The number of aliphatic hydroxyl groups is 3. The lowest BCUT2D eigenvalue weighted by atomic mass is 10.2. The van der Waals surface area contributed by atoms with Gasteiger partial charge in [-0.2, -0.15) is 4.98 Å². The molecule has 10 nitrogen and oxygen atoms in total. The minimum absolute atomic E-state index is 0.0970. The Labute approximate surface area is 202 Å². The monoisotopic (exact) mass is 480 g/mol. The van der Waals surface area contributed by atoms with Crippen molar-refractivity contribution in [2.24, 2.45) is 0 Å². The summed E-state index contributed by atoms with van der Waals surface area (Å²) in [5.41, 5.74) is 1.61. The number of nitrogens with zero attached hydrogens (tertiary/aromatic N) is 4. The van der Waals surface area contributed by atoms with E-state index in [1.54, 1.807) is 4.90 Å². The van der Waals surface area contributed by atoms with Gasteiger partial charge in [-0.25, -0.2) is 9.78 Å². The van der Waals surface area contributed by atoms with Gasteiger partial charge in [0.1, 0.15) is 24.9 Å². The van der Waals surface area contributed by atoms with Crippen LogP contribution < -0.4 is 9.64 Å². The van der Waals surface area contributed by atoms with Gasteiger partial charge < -0.3 is 34.6 Å². The Bertz CT molecular complexity index is 1170. The number of amides is 1. The number of rotatable bonds is 5. The molecule has 10 heteroatoms. The van der Waals surface area contributed by atoms with E-state index in [2.05, 4.69) is 9.97 Å².